The van der Waals surface area contributed by atoms with Crippen molar-refractivity contribution in [2.45, 2.75) is 12.6 Å². The highest BCUT2D eigenvalue weighted by Gasteiger charge is 2.10. The van der Waals surface area contributed by atoms with E-state index in [4.69, 9.17) is 0 Å². The van der Waals surface area contributed by atoms with E-state index in [1.807, 2.05) is 30.3 Å². The topological polar surface area (TPSA) is 60.1 Å². The maximum Gasteiger partial charge on any atom is 0.345 e. The second-order valence-electron chi connectivity index (χ2n) is 3.63. The summed E-state index contributed by atoms with van der Waals surface area (Å²) in [5, 5.41) is 13.8. The van der Waals surface area contributed by atoms with Crippen molar-refractivity contribution in [1.82, 2.24) is 14.3 Å². The highest BCUT2D eigenvalue weighted by atomic mass is 16.3. The fraction of sp³-hybridized carbons (Fsp3) is 0.273. The summed E-state index contributed by atoms with van der Waals surface area (Å²) >= 11 is 0. The van der Waals surface area contributed by atoms with Crippen molar-refractivity contribution < 1.29 is 5.11 Å². The molecule has 0 amide bonds. The van der Waals surface area contributed by atoms with Gasteiger partial charge in [-0.3, -0.25) is 4.57 Å². The first-order valence-corrected chi connectivity index (χ1v) is 5.00. The van der Waals surface area contributed by atoms with Crippen molar-refractivity contribution in [2.75, 3.05) is 0 Å². The smallest absolute Gasteiger partial charge is 0.345 e. The molecule has 84 valence electrons. The lowest BCUT2D eigenvalue weighted by Gasteiger charge is -2.09. The molecule has 1 aromatic heterocycles. The lowest BCUT2D eigenvalue weighted by molar-refractivity contribution is 0.149. The summed E-state index contributed by atoms with van der Waals surface area (Å²) in [4.78, 5) is 11.5. The van der Waals surface area contributed by atoms with Crippen LogP contribution >= 0.6 is 0 Å². The van der Waals surface area contributed by atoms with Gasteiger partial charge in [0.25, 0.3) is 0 Å². The fourth-order valence-corrected chi connectivity index (χ4v) is 1.49. The highest BCUT2D eigenvalue weighted by Crippen LogP contribution is 2.12. The van der Waals surface area contributed by atoms with Crippen LogP contribution in [-0.4, -0.2) is 19.5 Å². The third kappa shape index (κ3) is 2.04. The van der Waals surface area contributed by atoms with Crippen LogP contribution in [0.25, 0.3) is 0 Å². The van der Waals surface area contributed by atoms with E-state index in [0.717, 1.165) is 5.56 Å². The zero-order chi connectivity index (χ0) is 11.5. The van der Waals surface area contributed by atoms with Crippen LogP contribution in [0.1, 0.15) is 11.7 Å². The van der Waals surface area contributed by atoms with Gasteiger partial charge in [-0.15, -0.1) is 0 Å². The molecule has 16 heavy (non-hydrogen) atoms. The predicted molar refractivity (Wildman–Crippen MR) is 58.9 cm³/mol. The van der Waals surface area contributed by atoms with E-state index < -0.39 is 6.10 Å². The van der Waals surface area contributed by atoms with Gasteiger partial charge in [-0.05, 0) is 5.56 Å². The molecule has 1 N–H and O–H groups in total. The molecule has 0 bridgehead atoms. The Morgan fingerprint density at radius 2 is 2.06 bits per heavy atom. The average Bonchev–Trinajstić information content (AvgIpc) is 2.62. The van der Waals surface area contributed by atoms with Crippen LogP contribution in [0.2, 0.25) is 0 Å². The number of rotatable bonds is 3. The van der Waals surface area contributed by atoms with E-state index in [1.54, 1.807) is 7.05 Å². The number of aliphatic hydroxyl groups is 1. The van der Waals surface area contributed by atoms with E-state index in [-0.39, 0.29) is 12.2 Å². The Bertz CT molecular complexity index is 516. The lowest BCUT2D eigenvalue weighted by Crippen LogP contribution is -2.25. The molecule has 5 nitrogen and oxygen atoms in total. The van der Waals surface area contributed by atoms with Gasteiger partial charge in [0.2, 0.25) is 0 Å². The summed E-state index contributed by atoms with van der Waals surface area (Å²) in [6.07, 6.45) is 0.717. The van der Waals surface area contributed by atoms with Crippen LogP contribution in [0.5, 0.6) is 0 Å². The summed E-state index contributed by atoms with van der Waals surface area (Å²) < 4.78 is 2.62. The van der Waals surface area contributed by atoms with Crippen LogP contribution in [0.4, 0.5) is 0 Å². The number of hydrogen-bond donors (Lipinski definition) is 1. The second kappa shape index (κ2) is 4.32. The minimum Gasteiger partial charge on any atom is -0.386 e. The number of aliphatic hydroxyl groups excluding tert-OH is 1. The van der Waals surface area contributed by atoms with E-state index in [1.165, 1.54) is 15.6 Å². The summed E-state index contributed by atoms with van der Waals surface area (Å²) in [5.74, 6) is 0. The Morgan fingerprint density at radius 1 is 1.38 bits per heavy atom. The Morgan fingerprint density at radius 3 is 2.62 bits per heavy atom. The van der Waals surface area contributed by atoms with Gasteiger partial charge < -0.3 is 5.11 Å². The Labute approximate surface area is 92.6 Å². The Kier molecular flexibility index (Phi) is 2.87. The van der Waals surface area contributed by atoms with Gasteiger partial charge in [0.1, 0.15) is 6.33 Å². The molecule has 5 heteroatoms. The maximum atomic E-state index is 11.5. The molecule has 2 aromatic rings. The summed E-state index contributed by atoms with van der Waals surface area (Å²) in [6.45, 7) is 0.170. The number of aryl methyl sites for hydroxylation is 1. The average molecular weight is 219 g/mol. The van der Waals surface area contributed by atoms with Crippen molar-refractivity contribution >= 4 is 0 Å². The fourth-order valence-electron chi connectivity index (χ4n) is 1.49. The Balaban J connectivity index is 2.17. The van der Waals surface area contributed by atoms with E-state index in [2.05, 4.69) is 5.10 Å². The number of benzene rings is 1. The van der Waals surface area contributed by atoms with Gasteiger partial charge in [0, 0.05) is 7.05 Å². The zero-order valence-electron chi connectivity index (χ0n) is 8.95. The van der Waals surface area contributed by atoms with Crippen molar-refractivity contribution in [1.29, 1.82) is 0 Å². The monoisotopic (exact) mass is 219 g/mol. The molecule has 1 unspecified atom stereocenters. The number of aromatic nitrogens is 3. The van der Waals surface area contributed by atoms with Crippen LogP contribution < -0.4 is 5.69 Å². The molecule has 0 aliphatic heterocycles. The minimum atomic E-state index is -0.714. The minimum absolute atomic E-state index is 0.170. The number of nitrogens with zero attached hydrogens (tertiary/aromatic N) is 3. The SMILES string of the molecule is Cn1cnn(CC(O)c2ccccc2)c1=O. The van der Waals surface area contributed by atoms with Crippen molar-refractivity contribution in [3.63, 3.8) is 0 Å². The lowest BCUT2D eigenvalue weighted by atomic mass is 10.1. The molecular weight excluding hydrogens is 206 g/mol. The molecule has 0 saturated carbocycles. The van der Waals surface area contributed by atoms with Crippen LogP contribution in [-0.2, 0) is 13.6 Å². The first-order valence-electron chi connectivity index (χ1n) is 5.00. The van der Waals surface area contributed by atoms with E-state index in [0.29, 0.717) is 0 Å². The molecule has 2 rings (SSSR count). The molecule has 1 aromatic carbocycles. The summed E-state index contributed by atoms with van der Waals surface area (Å²) in [5.41, 5.74) is 0.551. The van der Waals surface area contributed by atoms with Gasteiger partial charge in [0.05, 0.1) is 12.6 Å². The molecule has 1 atom stereocenters. The molecule has 1 heterocycles. The van der Waals surface area contributed by atoms with E-state index in [9.17, 15) is 9.90 Å². The molecule has 0 fully saturated rings. The maximum absolute atomic E-state index is 11.5. The van der Waals surface area contributed by atoms with Crippen LogP contribution in [0.3, 0.4) is 0 Å². The van der Waals surface area contributed by atoms with Crippen molar-refractivity contribution in [3.8, 4) is 0 Å². The van der Waals surface area contributed by atoms with Crippen molar-refractivity contribution in [3.05, 3.63) is 52.7 Å². The second-order valence-corrected chi connectivity index (χ2v) is 3.63. The third-order valence-corrected chi connectivity index (χ3v) is 2.42. The first kappa shape index (κ1) is 10.6. The van der Waals surface area contributed by atoms with Crippen LogP contribution in [0, 0.1) is 0 Å². The summed E-state index contributed by atoms with van der Waals surface area (Å²) in [7, 11) is 1.63. The molecule has 0 spiro atoms. The van der Waals surface area contributed by atoms with Gasteiger partial charge >= 0.3 is 5.69 Å². The predicted octanol–water partition coefficient (Wildman–Crippen LogP) is 0.315. The van der Waals surface area contributed by atoms with Gasteiger partial charge in [-0.2, -0.15) is 5.10 Å². The zero-order valence-corrected chi connectivity index (χ0v) is 8.95. The molecule has 0 aliphatic rings. The quantitative estimate of drug-likeness (QED) is 0.808. The Hall–Kier alpha value is -1.88. The van der Waals surface area contributed by atoms with E-state index >= 15 is 0 Å². The molecule has 0 radical (unpaired) electrons. The normalized spacial score (nSPS) is 12.6. The largest absolute Gasteiger partial charge is 0.386 e. The molecule has 0 aliphatic carbocycles. The van der Waals surface area contributed by atoms with Gasteiger partial charge in [0.15, 0.2) is 0 Å². The highest BCUT2D eigenvalue weighted by molar-refractivity contribution is 5.16. The number of hydrogen-bond acceptors (Lipinski definition) is 3. The standard InChI is InChI=1S/C11H13N3O2/c1-13-8-12-14(11(13)16)7-10(15)9-5-3-2-4-6-9/h2-6,8,10,15H,7H2,1H3. The van der Waals surface area contributed by atoms with Gasteiger partial charge in [-0.25, -0.2) is 9.48 Å². The van der Waals surface area contributed by atoms with Crippen LogP contribution in [0.15, 0.2) is 41.5 Å². The third-order valence-electron chi connectivity index (χ3n) is 2.42. The van der Waals surface area contributed by atoms with Crippen molar-refractivity contribution in [2.24, 2.45) is 7.05 Å². The van der Waals surface area contributed by atoms with Gasteiger partial charge in [-0.1, -0.05) is 30.3 Å². The first-order chi connectivity index (χ1) is 7.68. The molecule has 0 saturated heterocycles. The summed E-state index contributed by atoms with van der Waals surface area (Å²) in [6, 6.07) is 9.21. The molecular formula is C11H13N3O2.